The van der Waals surface area contributed by atoms with Crippen molar-refractivity contribution in [2.24, 2.45) is 17.1 Å². The molecule has 1 atom stereocenters. The van der Waals surface area contributed by atoms with Crippen molar-refractivity contribution < 1.29 is 9.53 Å². The van der Waals surface area contributed by atoms with E-state index in [1.54, 1.807) is 6.20 Å². The zero-order chi connectivity index (χ0) is 25.0. The Labute approximate surface area is 203 Å². The van der Waals surface area contributed by atoms with Crippen LogP contribution < -0.4 is 11.1 Å². The molecule has 3 N–H and O–H groups in total. The van der Waals surface area contributed by atoms with E-state index in [0.29, 0.717) is 26.1 Å². The monoisotopic (exact) mass is 462 g/mol. The highest BCUT2D eigenvalue weighted by molar-refractivity contribution is 5.77. The van der Waals surface area contributed by atoms with Crippen molar-refractivity contribution in [2.75, 3.05) is 25.0 Å². The van der Waals surface area contributed by atoms with E-state index < -0.39 is 0 Å². The zero-order valence-corrected chi connectivity index (χ0v) is 21.0. The first kappa shape index (κ1) is 27.0. The fourth-order valence-electron chi connectivity index (χ4n) is 3.46. The number of carbonyl (C=O) groups excluding carboxylic acids is 1. The maximum atomic E-state index is 12.4. The number of anilines is 1. The summed E-state index contributed by atoms with van der Waals surface area (Å²) < 4.78 is 5.47. The van der Waals surface area contributed by atoms with E-state index in [-0.39, 0.29) is 17.3 Å². The number of nitrogens with zero attached hydrogens (tertiary/aromatic N) is 2. The number of para-hydroxylation sites is 2. The molecule has 0 saturated heterocycles. The molecule has 0 fully saturated rings. The van der Waals surface area contributed by atoms with Crippen LogP contribution in [0.15, 0.2) is 54.7 Å². The zero-order valence-electron chi connectivity index (χ0n) is 21.0. The SMILES string of the molecule is CC.CC(C)(C)C(CCN)C(=O)OCCNc1ccc(/C=C/c2cnc3ccccc3n2)cc1. The average molecular weight is 463 g/mol. The van der Waals surface area contributed by atoms with Crippen molar-refractivity contribution in [3.8, 4) is 0 Å². The van der Waals surface area contributed by atoms with Gasteiger partial charge in [0.2, 0.25) is 0 Å². The van der Waals surface area contributed by atoms with Crippen LogP contribution in [0.3, 0.4) is 0 Å². The Morgan fingerprint density at radius 3 is 2.38 bits per heavy atom. The minimum absolute atomic E-state index is 0.161. The minimum Gasteiger partial charge on any atom is -0.464 e. The molecule has 2 aromatic carbocycles. The van der Waals surface area contributed by atoms with Crippen LogP contribution >= 0.6 is 0 Å². The Morgan fingerprint density at radius 1 is 1.06 bits per heavy atom. The van der Waals surface area contributed by atoms with E-state index in [4.69, 9.17) is 10.5 Å². The van der Waals surface area contributed by atoms with Gasteiger partial charge in [0.1, 0.15) is 6.61 Å². The van der Waals surface area contributed by atoms with Gasteiger partial charge in [0.05, 0.1) is 28.8 Å². The van der Waals surface area contributed by atoms with Crippen molar-refractivity contribution in [3.05, 3.63) is 66.0 Å². The number of benzene rings is 2. The summed E-state index contributed by atoms with van der Waals surface area (Å²) in [6.07, 6.45) is 6.37. The summed E-state index contributed by atoms with van der Waals surface area (Å²) in [5, 5.41) is 3.28. The predicted octanol–water partition coefficient (Wildman–Crippen LogP) is 5.79. The van der Waals surface area contributed by atoms with E-state index in [0.717, 1.165) is 28.0 Å². The lowest BCUT2D eigenvalue weighted by atomic mass is 9.79. The van der Waals surface area contributed by atoms with Gasteiger partial charge in [-0.1, -0.05) is 65.0 Å². The van der Waals surface area contributed by atoms with Gasteiger partial charge in [-0.3, -0.25) is 9.78 Å². The first-order valence-electron chi connectivity index (χ1n) is 12.0. The molecule has 1 unspecified atom stereocenters. The normalized spacial score (nSPS) is 12.2. The van der Waals surface area contributed by atoms with Crippen LogP contribution in [-0.2, 0) is 9.53 Å². The molecule has 6 nitrogen and oxygen atoms in total. The topological polar surface area (TPSA) is 90.1 Å². The van der Waals surface area contributed by atoms with Crippen LogP contribution in [0.1, 0.15) is 52.3 Å². The molecule has 0 amide bonds. The summed E-state index contributed by atoms with van der Waals surface area (Å²) in [6.45, 7) is 11.5. The molecule has 0 spiro atoms. The van der Waals surface area contributed by atoms with Crippen LogP contribution in [0.2, 0.25) is 0 Å². The van der Waals surface area contributed by atoms with Gasteiger partial charge in [-0.2, -0.15) is 0 Å². The number of ether oxygens (including phenoxy) is 1. The molecule has 1 aromatic heterocycles. The molecular formula is C28H38N4O2. The smallest absolute Gasteiger partial charge is 0.309 e. The highest BCUT2D eigenvalue weighted by Crippen LogP contribution is 2.29. The van der Waals surface area contributed by atoms with Gasteiger partial charge in [-0.15, -0.1) is 0 Å². The first-order chi connectivity index (χ1) is 16.4. The van der Waals surface area contributed by atoms with Crippen molar-refractivity contribution in [1.29, 1.82) is 0 Å². The Hall–Kier alpha value is -3.25. The number of hydrogen-bond acceptors (Lipinski definition) is 6. The summed E-state index contributed by atoms with van der Waals surface area (Å²) in [6, 6.07) is 15.9. The van der Waals surface area contributed by atoms with E-state index in [9.17, 15) is 4.79 Å². The average Bonchev–Trinajstić information content (AvgIpc) is 2.85. The largest absolute Gasteiger partial charge is 0.464 e. The fourth-order valence-corrected chi connectivity index (χ4v) is 3.46. The second-order valence-corrected chi connectivity index (χ2v) is 8.83. The van der Waals surface area contributed by atoms with Crippen molar-refractivity contribution in [2.45, 2.75) is 41.0 Å². The van der Waals surface area contributed by atoms with Crippen LogP contribution in [-0.4, -0.2) is 35.6 Å². The van der Waals surface area contributed by atoms with E-state index in [1.807, 2.05) is 95.3 Å². The lowest BCUT2D eigenvalue weighted by Gasteiger charge is -2.28. The van der Waals surface area contributed by atoms with E-state index in [1.165, 1.54) is 0 Å². The Bertz CT molecular complexity index is 1060. The van der Waals surface area contributed by atoms with Crippen LogP contribution in [0, 0.1) is 11.3 Å². The molecule has 0 bridgehead atoms. The standard InChI is InChI=1S/C26H32N4O2.C2H6/c1-26(2,3)22(14-15-27)25(31)32-17-16-28-20-11-8-19(9-12-20)10-13-21-18-29-23-6-4-5-7-24(23)30-21;1-2/h4-13,18,22,28H,14-17,27H2,1-3H3;1-2H3/b13-10+;. The summed E-state index contributed by atoms with van der Waals surface area (Å²) >= 11 is 0. The molecule has 0 aliphatic heterocycles. The second-order valence-electron chi connectivity index (χ2n) is 8.83. The van der Waals surface area contributed by atoms with Gasteiger partial charge < -0.3 is 15.8 Å². The molecule has 0 aliphatic rings. The van der Waals surface area contributed by atoms with Gasteiger partial charge in [0, 0.05) is 12.2 Å². The predicted molar refractivity (Wildman–Crippen MR) is 142 cm³/mol. The number of nitrogens with two attached hydrogens (primary N) is 1. The molecular weight excluding hydrogens is 424 g/mol. The Balaban J connectivity index is 0.00000199. The van der Waals surface area contributed by atoms with Gasteiger partial charge in [0.15, 0.2) is 0 Å². The van der Waals surface area contributed by atoms with E-state index >= 15 is 0 Å². The van der Waals surface area contributed by atoms with E-state index in [2.05, 4.69) is 15.3 Å². The fraction of sp³-hybridized carbons (Fsp3) is 0.393. The minimum atomic E-state index is -0.189. The lowest BCUT2D eigenvalue weighted by Crippen LogP contribution is -2.33. The molecule has 3 rings (SSSR count). The lowest BCUT2D eigenvalue weighted by molar-refractivity contribution is -0.152. The molecule has 1 heterocycles. The number of hydrogen-bond donors (Lipinski definition) is 2. The molecule has 0 aliphatic carbocycles. The summed E-state index contributed by atoms with van der Waals surface area (Å²) in [4.78, 5) is 21.4. The highest BCUT2D eigenvalue weighted by atomic mass is 16.5. The summed E-state index contributed by atoms with van der Waals surface area (Å²) in [5.74, 6) is -0.368. The molecule has 0 radical (unpaired) electrons. The maximum Gasteiger partial charge on any atom is 0.309 e. The van der Waals surface area contributed by atoms with Crippen LogP contribution in [0.25, 0.3) is 23.2 Å². The van der Waals surface area contributed by atoms with Crippen molar-refractivity contribution in [1.82, 2.24) is 9.97 Å². The molecule has 6 heteroatoms. The van der Waals surface area contributed by atoms with Gasteiger partial charge in [0.25, 0.3) is 0 Å². The van der Waals surface area contributed by atoms with Crippen LogP contribution in [0.4, 0.5) is 5.69 Å². The first-order valence-corrected chi connectivity index (χ1v) is 12.0. The summed E-state index contributed by atoms with van der Waals surface area (Å²) in [7, 11) is 0. The molecule has 3 aromatic rings. The second kappa shape index (κ2) is 13.5. The number of rotatable bonds is 9. The quantitative estimate of drug-likeness (QED) is 0.309. The third kappa shape index (κ3) is 8.27. The molecule has 182 valence electrons. The number of fused-ring (bicyclic) bond motifs is 1. The Kier molecular flexibility index (Phi) is 10.7. The number of nitrogens with one attached hydrogen (secondary N) is 1. The Morgan fingerprint density at radius 2 is 1.74 bits per heavy atom. The third-order valence-corrected chi connectivity index (χ3v) is 5.29. The van der Waals surface area contributed by atoms with Crippen molar-refractivity contribution >= 4 is 34.8 Å². The molecule has 0 saturated carbocycles. The van der Waals surface area contributed by atoms with Gasteiger partial charge >= 0.3 is 5.97 Å². The van der Waals surface area contributed by atoms with Gasteiger partial charge in [-0.25, -0.2) is 4.98 Å². The highest BCUT2D eigenvalue weighted by Gasteiger charge is 2.31. The summed E-state index contributed by atoms with van der Waals surface area (Å²) in [5.41, 5.74) is 10.1. The van der Waals surface area contributed by atoms with Gasteiger partial charge in [-0.05, 0) is 54.3 Å². The number of aromatic nitrogens is 2. The van der Waals surface area contributed by atoms with Crippen LogP contribution in [0.5, 0.6) is 0 Å². The third-order valence-electron chi connectivity index (χ3n) is 5.29. The number of esters is 1. The number of carbonyl (C=O) groups is 1. The maximum absolute atomic E-state index is 12.4. The molecule has 34 heavy (non-hydrogen) atoms. The van der Waals surface area contributed by atoms with Crippen molar-refractivity contribution in [3.63, 3.8) is 0 Å².